The van der Waals surface area contributed by atoms with E-state index < -0.39 is 0 Å². The van der Waals surface area contributed by atoms with E-state index in [0.29, 0.717) is 39.5 Å². The lowest BCUT2D eigenvalue weighted by molar-refractivity contribution is -0.119. The van der Waals surface area contributed by atoms with Crippen molar-refractivity contribution < 1.29 is 23.7 Å². The molecule has 0 radical (unpaired) electrons. The molecule has 1 saturated heterocycles. The summed E-state index contributed by atoms with van der Waals surface area (Å²) in [5, 5.41) is 6.66. The van der Waals surface area contributed by atoms with Gasteiger partial charge in [0.2, 0.25) is 5.91 Å². The van der Waals surface area contributed by atoms with Crippen LogP contribution in [0.3, 0.4) is 0 Å². The summed E-state index contributed by atoms with van der Waals surface area (Å²) in [5.41, 5.74) is 4.34. The predicted molar refractivity (Wildman–Crippen MR) is 152 cm³/mol. The van der Waals surface area contributed by atoms with Crippen LogP contribution in [-0.4, -0.2) is 58.5 Å². The molecular formula is C31H37N3O5. The van der Waals surface area contributed by atoms with E-state index in [2.05, 4.69) is 22.8 Å². The van der Waals surface area contributed by atoms with Crippen LogP contribution in [0.5, 0.6) is 17.2 Å². The summed E-state index contributed by atoms with van der Waals surface area (Å²) >= 11 is 0. The first kappa shape index (κ1) is 26.8. The van der Waals surface area contributed by atoms with Crippen LogP contribution in [0.4, 0.5) is 11.4 Å². The van der Waals surface area contributed by atoms with E-state index in [1.54, 1.807) is 7.11 Å². The third-order valence-corrected chi connectivity index (χ3v) is 7.02. The topological polar surface area (TPSA) is 81.3 Å². The lowest BCUT2D eigenvalue weighted by atomic mass is 10.0. The maximum Gasteiger partial charge on any atom is 0.241 e. The highest BCUT2D eigenvalue weighted by molar-refractivity contribution is 5.96. The summed E-state index contributed by atoms with van der Waals surface area (Å²) in [6.45, 7) is 4.02. The van der Waals surface area contributed by atoms with Crippen molar-refractivity contribution in [3.63, 3.8) is 0 Å². The number of piperazine rings is 1. The van der Waals surface area contributed by atoms with Crippen LogP contribution in [-0.2, 0) is 22.6 Å². The number of carbonyl (C=O) groups excluding carboxylic acids is 1. The summed E-state index contributed by atoms with van der Waals surface area (Å²) in [7, 11) is 1.66. The summed E-state index contributed by atoms with van der Waals surface area (Å²) in [6.07, 6.45) is 3.01. The van der Waals surface area contributed by atoms with Gasteiger partial charge in [-0.25, -0.2) is 0 Å². The molecule has 5 rings (SSSR count). The summed E-state index contributed by atoms with van der Waals surface area (Å²) in [5.74, 6) is 2.45. The zero-order chi connectivity index (χ0) is 26.9. The van der Waals surface area contributed by atoms with Crippen molar-refractivity contribution in [1.82, 2.24) is 5.32 Å². The average molecular weight is 532 g/mol. The number of anilines is 2. The molecule has 8 nitrogen and oxygen atoms in total. The van der Waals surface area contributed by atoms with Gasteiger partial charge in [-0.1, -0.05) is 24.3 Å². The molecule has 0 bridgehead atoms. The summed E-state index contributed by atoms with van der Waals surface area (Å²) < 4.78 is 23.2. The van der Waals surface area contributed by atoms with Crippen molar-refractivity contribution in [3.05, 3.63) is 77.9 Å². The Balaban J connectivity index is 1.10. The van der Waals surface area contributed by atoms with Gasteiger partial charge in [0.15, 0.2) is 0 Å². The van der Waals surface area contributed by atoms with Crippen LogP contribution < -0.4 is 29.7 Å². The number of nitrogens with zero attached hydrogens (tertiary/aromatic N) is 1. The third kappa shape index (κ3) is 7.02. The molecule has 206 valence electrons. The molecule has 3 aromatic carbocycles. The van der Waals surface area contributed by atoms with E-state index in [-0.39, 0.29) is 11.9 Å². The number of para-hydroxylation sites is 1. The Morgan fingerprint density at radius 2 is 1.82 bits per heavy atom. The van der Waals surface area contributed by atoms with Crippen LogP contribution in [0.1, 0.15) is 24.0 Å². The molecule has 0 aromatic heterocycles. The van der Waals surface area contributed by atoms with Gasteiger partial charge in [0.25, 0.3) is 0 Å². The van der Waals surface area contributed by atoms with Crippen molar-refractivity contribution in [2.24, 2.45) is 0 Å². The number of hydrogen-bond donors (Lipinski definition) is 2. The van der Waals surface area contributed by atoms with Crippen molar-refractivity contribution in [2.75, 3.05) is 56.8 Å². The number of hydrogen-bond acceptors (Lipinski definition) is 7. The Labute approximate surface area is 230 Å². The van der Waals surface area contributed by atoms with Gasteiger partial charge in [-0.2, -0.15) is 0 Å². The quantitative estimate of drug-likeness (QED) is 0.335. The van der Waals surface area contributed by atoms with Crippen LogP contribution in [0.2, 0.25) is 0 Å². The van der Waals surface area contributed by atoms with Crippen LogP contribution in [0.25, 0.3) is 0 Å². The minimum atomic E-state index is -0.109. The Hall–Kier alpha value is -3.75. The normalized spacial score (nSPS) is 16.8. The highest BCUT2D eigenvalue weighted by atomic mass is 16.5. The molecule has 2 aliphatic rings. The number of fused-ring (bicyclic) bond motifs is 1. The lowest BCUT2D eigenvalue weighted by Crippen LogP contribution is -2.57. The average Bonchev–Trinajstić information content (AvgIpc) is 2.98. The number of aryl methyl sites for hydroxylation is 1. The fourth-order valence-electron chi connectivity index (χ4n) is 4.99. The number of carbonyl (C=O) groups is 1. The largest absolute Gasteiger partial charge is 0.496 e. The van der Waals surface area contributed by atoms with Gasteiger partial charge in [-0.15, -0.1) is 0 Å². The van der Waals surface area contributed by atoms with Gasteiger partial charge < -0.3 is 34.5 Å². The van der Waals surface area contributed by atoms with E-state index in [1.165, 1.54) is 5.56 Å². The molecule has 2 N–H and O–H groups in total. The van der Waals surface area contributed by atoms with E-state index in [1.807, 2.05) is 59.5 Å². The molecule has 0 spiro atoms. The SMILES string of the molecule is COc1ccccc1COCCCOc1ccc(N2C(=O)CNC[C@H]2COc2ccc3c(c2)NCCC3)cc1. The molecule has 2 heterocycles. The molecule has 0 aliphatic carbocycles. The Kier molecular flexibility index (Phi) is 9.19. The van der Waals surface area contributed by atoms with Crippen molar-refractivity contribution >= 4 is 17.3 Å². The molecule has 8 heteroatoms. The highest BCUT2D eigenvalue weighted by Gasteiger charge is 2.30. The number of ether oxygens (including phenoxy) is 4. The zero-order valence-corrected chi connectivity index (χ0v) is 22.5. The van der Waals surface area contributed by atoms with Crippen LogP contribution in [0.15, 0.2) is 66.7 Å². The number of nitrogens with one attached hydrogen (secondary N) is 2. The molecule has 3 aromatic rings. The van der Waals surface area contributed by atoms with E-state index >= 15 is 0 Å². The Morgan fingerprint density at radius 1 is 0.974 bits per heavy atom. The van der Waals surface area contributed by atoms with E-state index in [4.69, 9.17) is 18.9 Å². The van der Waals surface area contributed by atoms with Crippen molar-refractivity contribution in [2.45, 2.75) is 31.9 Å². The Morgan fingerprint density at radius 3 is 2.69 bits per heavy atom. The van der Waals surface area contributed by atoms with Gasteiger partial charge in [0, 0.05) is 42.5 Å². The fourth-order valence-corrected chi connectivity index (χ4v) is 4.99. The number of benzene rings is 3. The Bertz CT molecular complexity index is 1230. The number of amides is 1. The first-order valence-corrected chi connectivity index (χ1v) is 13.7. The molecule has 2 aliphatic heterocycles. The standard InChI is InChI=1S/C31H37N3O5/c1-36-30-8-3-2-6-24(30)21-37-16-5-17-38-27-13-10-25(11-14-27)34-26(19-32-20-31(34)35)22-39-28-12-9-23-7-4-15-33-29(23)18-28/h2-3,6,8-14,18,26,32-33H,4-5,7,15-17,19-22H2,1H3/t26-/m0/s1. The van der Waals surface area contributed by atoms with Crippen LogP contribution >= 0.6 is 0 Å². The maximum atomic E-state index is 12.9. The van der Waals surface area contributed by atoms with Gasteiger partial charge in [-0.05, 0) is 54.8 Å². The zero-order valence-electron chi connectivity index (χ0n) is 22.5. The molecular weight excluding hydrogens is 494 g/mol. The first-order valence-electron chi connectivity index (χ1n) is 13.7. The smallest absolute Gasteiger partial charge is 0.241 e. The van der Waals surface area contributed by atoms with Crippen LogP contribution in [0, 0.1) is 0 Å². The second kappa shape index (κ2) is 13.4. The highest BCUT2D eigenvalue weighted by Crippen LogP contribution is 2.28. The molecule has 39 heavy (non-hydrogen) atoms. The fraction of sp³-hybridized carbons (Fsp3) is 0.387. The monoisotopic (exact) mass is 531 g/mol. The second-order valence-electron chi connectivity index (χ2n) is 9.77. The molecule has 1 amide bonds. The molecule has 1 atom stereocenters. The maximum absolute atomic E-state index is 12.9. The third-order valence-electron chi connectivity index (χ3n) is 7.02. The lowest BCUT2D eigenvalue weighted by Gasteiger charge is -2.36. The molecule has 0 saturated carbocycles. The minimum absolute atomic E-state index is 0.0304. The first-order chi connectivity index (χ1) is 19.2. The minimum Gasteiger partial charge on any atom is -0.496 e. The number of methoxy groups -OCH3 is 1. The van der Waals surface area contributed by atoms with Crippen molar-refractivity contribution in [1.29, 1.82) is 0 Å². The molecule has 0 unspecified atom stereocenters. The second-order valence-corrected chi connectivity index (χ2v) is 9.77. The van der Waals surface area contributed by atoms with E-state index in [9.17, 15) is 4.79 Å². The summed E-state index contributed by atoms with van der Waals surface area (Å²) in [6, 6.07) is 21.7. The van der Waals surface area contributed by atoms with Crippen molar-refractivity contribution in [3.8, 4) is 17.2 Å². The summed E-state index contributed by atoms with van der Waals surface area (Å²) in [4.78, 5) is 14.7. The van der Waals surface area contributed by atoms with Gasteiger partial charge in [0.05, 0.1) is 39.5 Å². The molecule has 1 fully saturated rings. The predicted octanol–water partition coefficient (Wildman–Crippen LogP) is 4.42. The van der Waals surface area contributed by atoms with E-state index in [0.717, 1.165) is 60.0 Å². The van der Waals surface area contributed by atoms with Gasteiger partial charge >= 0.3 is 0 Å². The number of rotatable bonds is 12. The van der Waals surface area contributed by atoms with Gasteiger partial charge in [0.1, 0.15) is 23.9 Å². The van der Waals surface area contributed by atoms with Gasteiger partial charge in [-0.3, -0.25) is 4.79 Å².